The standard InChI is InChI=1S/C12H15N3O2S.H2O/c1-3-8-15-9-12(13-14-15)18(16,17)11-6-4-10(2)5-7-11;/h4-7,9H,3,8H2,1-2H3;1H2. The summed E-state index contributed by atoms with van der Waals surface area (Å²) in [6.45, 7) is 4.57. The minimum atomic E-state index is -3.55. The molecule has 2 rings (SSSR count). The quantitative estimate of drug-likeness (QED) is 0.836. The molecule has 7 heteroatoms. The number of sulfone groups is 1. The van der Waals surface area contributed by atoms with E-state index in [1.165, 1.54) is 6.20 Å². The highest BCUT2D eigenvalue weighted by Crippen LogP contribution is 2.18. The fourth-order valence-corrected chi connectivity index (χ4v) is 2.72. The van der Waals surface area contributed by atoms with Crippen molar-refractivity contribution < 1.29 is 13.9 Å². The van der Waals surface area contributed by atoms with Crippen LogP contribution in [0.4, 0.5) is 0 Å². The second-order valence-corrected chi connectivity index (χ2v) is 6.03. The predicted molar refractivity (Wildman–Crippen MR) is 70.6 cm³/mol. The highest BCUT2D eigenvalue weighted by molar-refractivity contribution is 7.91. The summed E-state index contributed by atoms with van der Waals surface area (Å²) in [6, 6.07) is 6.71. The molecule has 0 aliphatic carbocycles. The molecule has 0 aliphatic heterocycles. The van der Waals surface area contributed by atoms with Crippen molar-refractivity contribution in [2.24, 2.45) is 0 Å². The molecule has 0 saturated carbocycles. The largest absolute Gasteiger partial charge is 0.412 e. The van der Waals surface area contributed by atoms with Gasteiger partial charge in [0.1, 0.15) is 0 Å². The van der Waals surface area contributed by atoms with Gasteiger partial charge in [0, 0.05) is 6.54 Å². The van der Waals surface area contributed by atoms with Crippen molar-refractivity contribution in [2.75, 3.05) is 0 Å². The molecular weight excluding hydrogens is 266 g/mol. The molecule has 1 aromatic carbocycles. The Morgan fingerprint density at radius 3 is 2.42 bits per heavy atom. The Hall–Kier alpha value is -1.73. The van der Waals surface area contributed by atoms with Crippen LogP contribution in [-0.2, 0) is 16.4 Å². The van der Waals surface area contributed by atoms with E-state index in [4.69, 9.17) is 0 Å². The van der Waals surface area contributed by atoms with Crippen molar-refractivity contribution in [1.82, 2.24) is 15.0 Å². The highest BCUT2D eigenvalue weighted by Gasteiger charge is 2.21. The number of nitrogens with zero attached hydrogens (tertiary/aromatic N) is 3. The number of aromatic nitrogens is 3. The first-order valence-corrected chi connectivity index (χ1v) is 7.24. The van der Waals surface area contributed by atoms with Crippen LogP contribution < -0.4 is 0 Å². The first-order chi connectivity index (χ1) is 8.54. The first kappa shape index (κ1) is 15.3. The number of benzene rings is 1. The van der Waals surface area contributed by atoms with Gasteiger partial charge in [-0.15, -0.1) is 5.10 Å². The lowest BCUT2D eigenvalue weighted by atomic mass is 10.2. The third-order valence-corrected chi connectivity index (χ3v) is 4.21. The summed E-state index contributed by atoms with van der Waals surface area (Å²) in [4.78, 5) is 0.247. The molecule has 0 bridgehead atoms. The Bertz CT molecular complexity index is 632. The minimum Gasteiger partial charge on any atom is -0.412 e. The topological polar surface area (TPSA) is 96.3 Å². The zero-order valence-electron chi connectivity index (χ0n) is 10.9. The van der Waals surface area contributed by atoms with Gasteiger partial charge in [-0.3, -0.25) is 4.68 Å². The van der Waals surface area contributed by atoms with Gasteiger partial charge in [0.2, 0.25) is 14.9 Å². The Morgan fingerprint density at radius 2 is 1.84 bits per heavy atom. The van der Waals surface area contributed by atoms with E-state index in [2.05, 4.69) is 10.3 Å². The van der Waals surface area contributed by atoms with Gasteiger partial charge in [-0.05, 0) is 25.5 Å². The summed E-state index contributed by atoms with van der Waals surface area (Å²) < 4.78 is 26.0. The van der Waals surface area contributed by atoms with E-state index in [9.17, 15) is 8.42 Å². The fraction of sp³-hybridized carbons (Fsp3) is 0.333. The van der Waals surface area contributed by atoms with Gasteiger partial charge >= 0.3 is 0 Å². The third-order valence-electron chi connectivity index (χ3n) is 2.58. The molecule has 1 aromatic heterocycles. The van der Waals surface area contributed by atoms with E-state index in [0.717, 1.165) is 12.0 Å². The summed E-state index contributed by atoms with van der Waals surface area (Å²) in [7, 11) is -3.55. The second kappa shape index (κ2) is 5.94. The van der Waals surface area contributed by atoms with Gasteiger partial charge in [0.25, 0.3) is 0 Å². The van der Waals surface area contributed by atoms with Crippen LogP contribution in [0.1, 0.15) is 18.9 Å². The van der Waals surface area contributed by atoms with Crippen molar-refractivity contribution in [3.05, 3.63) is 36.0 Å². The number of aryl methyl sites for hydroxylation is 2. The SMILES string of the molecule is CCCn1cc(S(=O)(=O)c2ccc(C)cc2)nn1.O. The molecule has 0 spiro atoms. The van der Waals surface area contributed by atoms with E-state index in [0.29, 0.717) is 6.54 Å². The second-order valence-electron chi connectivity index (χ2n) is 4.14. The van der Waals surface area contributed by atoms with Crippen molar-refractivity contribution in [3.63, 3.8) is 0 Å². The molecule has 2 N–H and O–H groups in total. The molecule has 0 radical (unpaired) electrons. The lowest BCUT2D eigenvalue weighted by Crippen LogP contribution is -2.02. The Labute approximate surface area is 112 Å². The van der Waals surface area contributed by atoms with E-state index < -0.39 is 9.84 Å². The number of hydrogen-bond donors (Lipinski definition) is 0. The van der Waals surface area contributed by atoms with Crippen molar-refractivity contribution in [1.29, 1.82) is 0 Å². The van der Waals surface area contributed by atoms with E-state index >= 15 is 0 Å². The highest BCUT2D eigenvalue weighted by atomic mass is 32.2. The van der Waals surface area contributed by atoms with E-state index in [1.807, 2.05) is 13.8 Å². The molecule has 19 heavy (non-hydrogen) atoms. The van der Waals surface area contributed by atoms with Crippen LogP contribution in [0.25, 0.3) is 0 Å². The number of hydrogen-bond acceptors (Lipinski definition) is 4. The zero-order chi connectivity index (χ0) is 13.2. The van der Waals surface area contributed by atoms with Crippen LogP contribution in [0.15, 0.2) is 40.4 Å². The molecule has 0 saturated heterocycles. The summed E-state index contributed by atoms with van der Waals surface area (Å²) in [6.07, 6.45) is 2.35. The van der Waals surface area contributed by atoms with Gasteiger partial charge in [0.15, 0.2) is 0 Å². The van der Waals surface area contributed by atoms with Crippen LogP contribution >= 0.6 is 0 Å². The monoisotopic (exact) mass is 283 g/mol. The summed E-state index contributed by atoms with van der Waals surface area (Å²) >= 11 is 0. The lowest BCUT2D eigenvalue weighted by molar-refractivity contribution is 0.578. The van der Waals surface area contributed by atoms with Gasteiger partial charge in [0.05, 0.1) is 11.1 Å². The van der Waals surface area contributed by atoms with Gasteiger partial charge < -0.3 is 5.48 Å². The average Bonchev–Trinajstić information content (AvgIpc) is 2.79. The Kier molecular flexibility index (Phi) is 4.79. The molecule has 2 aromatic rings. The summed E-state index contributed by atoms with van der Waals surface area (Å²) in [5.41, 5.74) is 1.02. The van der Waals surface area contributed by atoms with E-state index in [-0.39, 0.29) is 15.4 Å². The predicted octanol–water partition coefficient (Wildman–Crippen LogP) is 1.00. The Balaban J connectivity index is 0.00000180. The van der Waals surface area contributed by atoms with Crippen molar-refractivity contribution in [2.45, 2.75) is 36.7 Å². The Morgan fingerprint density at radius 1 is 1.21 bits per heavy atom. The maximum absolute atomic E-state index is 12.2. The van der Waals surface area contributed by atoms with Gasteiger partial charge in [-0.2, -0.15) is 0 Å². The molecule has 0 amide bonds. The summed E-state index contributed by atoms with van der Waals surface area (Å²) in [5.74, 6) is 0. The lowest BCUT2D eigenvalue weighted by Gasteiger charge is -2.00. The maximum atomic E-state index is 12.2. The molecule has 0 atom stereocenters. The summed E-state index contributed by atoms with van der Waals surface area (Å²) in [5, 5.41) is 7.53. The average molecular weight is 283 g/mol. The van der Waals surface area contributed by atoms with Crippen LogP contribution in [0.2, 0.25) is 0 Å². The van der Waals surface area contributed by atoms with Crippen molar-refractivity contribution in [3.8, 4) is 0 Å². The van der Waals surface area contributed by atoms with Crippen LogP contribution in [0.3, 0.4) is 0 Å². The molecule has 1 heterocycles. The fourth-order valence-electron chi connectivity index (χ4n) is 1.58. The van der Waals surface area contributed by atoms with Crippen LogP contribution in [0.5, 0.6) is 0 Å². The maximum Gasteiger partial charge on any atom is 0.227 e. The molecule has 0 fully saturated rings. The van der Waals surface area contributed by atoms with E-state index in [1.54, 1.807) is 28.9 Å². The first-order valence-electron chi connectivity index (χ1n) is 5.76. The van der Waals surface area contributed by atoms with Gasteiger partial charge in [-0.1, -0.05) is 29.8 Å². The molecule has 6 nitrogen and oxygen atoms in total. The van der Waals surface area contributed by atoms with Crippen LogP contribution in [-0.4, -0.2) is 28.9 Å². The van der Waals surface area contributed by atoms with Crippen LogP contribution in [0, 0.1) is 6.92 Å². The normalized spacial score (nSPS) is 11.1. The molecule has 0 aliphatic rings. The minimum absolute atomic E-state index is 0. The molecular formula is C12H17N3O3S. The zero-order valence-corrected chi connectivity index (χ0v) is 11.7. The third kappa shape index (κ3) is 3.18. The van der Waals surface area contributed by atoms with Crippen molar-refractivity contribution >= 4 is 9.84 Å². The number of rotatable bonds is 4. The van der Waals surface area contributed by atoms with Gasteiger partial charge in [-0.25, -0.2) is 8.42 Å². The smallest absolute Gasteiger partial charge is 0.227 e. The molecule has 0 unspecified atom stereocenters. The molecule has 104 valence electrons.